The predicted octanol–water partition coefficient (Wildman–Crippen LogP) is 2.88. The summed E-state index contributed by atoms with van der Waals surface area (Å²) in [5.74, 6) is 1.44. The molecule has 0 bridgehead atoms. The van der Waals surface area contributed by atoms with Crippen LogP contribution in [0.2, 0.25) is 0 Å². The molecule has 3 N–H and O–H groups in total. The molecule has 1 aromatic heterocycles. The van der Waals surface area contributed by atoms with Gasteiger partial charge in [0.1, 0.15) is 0 Å². The van der Waals surface area contributed by atoms with Gasteiger partial charge in [-0.25, -0.2) is 0 Å². The summed E-state index contributed by atoms with van der Waals surface area (Å²) < 4.78 is 0. The lowest BCUT2D eigenvalue weighted by atomic mass is 10.1. The molecule has 0 unspecified atom stereocenters. The van der Waals surface area contributed by atoms with Gasteiger partial charge in [0.15, 0.2) is 11.6 Å². The van der Waals surface area contributed by atoms with Crippen LogP contribution in [0.4, 0.5) is 28.7 Å². The zero-order chi connectivity index (χ0) is 15.4. The first-order valence-electron chi connectivity index (χ1n) is 7.69. The molecule has 6 heteroatoms. The average Bonchev–Trinajstić information content (AvgIpc) is 2.56. The molecule has 0 amide bonds. The Hall–Kier alpha value is -2.34. The van der Waals surface area contributed by atoms with Crippen LogP contribution in [0, 0.1) is 0 Å². The van der Waals surface area contributed by atoms with Gasteiger partial charge in [-0.15, -0.1) is 10.2 Å². The summed E-state index contributed by atoms with van der Waals surface area (Å²) in [4.78, 5) is 2.28. The van der Waals surface area contributed by atoms with Gasteiger partial charge in [-0.05, 0) is 18.6 Å². The van der Waals surface area contributed by atoms with Crippen LogP contribution in [-0.2, 0) is 0 Å². The molecule has 3 rings (SSSR count). The maximum absolute atomic E-state index is 8.93. The van der Waals surface area contributed by atoms with Gasteiger partial charge < -0.3 is 20.6 Å². The number of aliphatic hydroxyl groups excluding tert-OH is 1. The number of hydrogen-bond acceptors (Lipinski definition) is 6. The summed E-state index contributed by atoms with van der Waals surface area (Å²) in [7, 11) is 0. The maximum atomic E-state index is 8.93. The van der Waals surface area contributed by atoms with Gasteiger partial charge in [0.25, 0.3) is 0 Å². The third-order valence-electron chi connectivity index (χ3n) is 3.67. The van der Waals surface area contributed by atoms with E-state index in [-0.39, 0.29) is 6.61 Å². The highest BCUT2D eigenvalue weighted by molar-refractivity contribution is 5.90. The van der Waals surface area contributed by atoms with Gasteiger partial charge >= 0.3 is 0 Å². The lowest BCUT2D eigenvalue weighted by Crippen LogP contribution is -2.25. The molecule has 22 heavy (non-hydrogen) atoms. The highest BCUT2D eigenvalue weighted by Crippen LogP contribution is 2.42. The molecule has 0 aliphatic carbocycles. The lowest BCUT2D eigenvalue weighted by molar-refractivity contribution is 0.311. The normalized spacial score (nSPS) is 12.4. The zero-order valence-corrected chi connectivity index (χ0v) is 12.7. The Morgan fingerprint density at radius 3 is 2.91 bits per heavy atom. The fraction of sp³-hybridized carbons (Fsp3) is 0.375. The van der Waals surface area contributed by atoms with E-state index < -0.39 is 0 Å². The first-order chi connectivity index (χ1) is 10.8. The van der Waals surface area contributed by atoms with Crippen LogP contribution in [0.25, 0.3) is 0 Å². The van der Waals surface area contributed by atoms with Crippen molar-refractivity contribution in [3.63, 3.8) is 0 Å². The Morgan fingerprint density at radius 1 is 1.23 bits per heavy atom. The number of benzene rings is 1. The second-order valence-electron chi connectivity index (χ2n) is 5.26. The van der Waals surface area contributed by atoms with Crippen molar-refractivity contribution < 1.29 is 5.11 Å². The summed E-state index contributed by atoms with van der Waals surface area (Å²) in [5, 5.41) is 23.8. The molecule has 0 atom stereocenters. The van der Waals surface area contributed by atoms with E-state index in [9.17, 15) is 0 Å². The number of fused-ring (bicyclic) bond motifs is 2. The van der Waals surface area contributed by atoms with E-state index in [0.29, 0.717) is 12.4 Å². The number of anilines is 5. The van der Waals surface area contributed by atoms with E-state index in [0.717, 1.165) is 42.3 Å². The van der Waals surface area contributed by atoms with Gasteiger partial charge in [0.2, 0.25) is 0 Å². The molecule has 116 valence electrons. The molecule has 0 spiro atoms. The van der Waals surface area contributed by atoms with Crippen molar-refractivity contribution in [3.8, 4) is 0 Å². The molecule has 2 aromatic rings. The molecule has 0 saturated heterocycles. The highest BCUT2D eigenvalue weighted by Gasteiger charge is 2.23. The minimum atomic E-state index is 0.0688. The summed E-state index contributed by atoms with van der Waals surface area (Å²) in [5.41, 5.74) is 3.23. The zero-order valence-electron chi connectivity index (χ0n) is 12.7. The lowest BCUT2D eigenvalue weighted by Gasteiger charge is -2.33. The topological polar surface area (TPSA) is 73.3 Å². The van der Waals surface area contributed by atoms with Crippen LogP contribution in [-0.4, -0.2) is 35.0 Å². The molecule has 2 heterocycles. The number of unbranched alkanes of at least 4 members (excludes halogenated alkanes) is 1. The SMILES string of the molecule is CCCCN1c2ccccc2Nc2nnc(NCCO)cc21. The Morgan fingerprint density at radius 2 is 2.09 bits per heavy atom. The van der Waals surface area contributed by atoms with Crippen LogP contribution in [0.1, 0.15) is 19.8 Å². The summed E-state index contributed by atoms with van der Waals surface area (Å²) in [6.45, 7) is 3.66. The average molecular weight is 299 g/mol. The standard InChI is InChI=1S/C16H21N5O/c1-2-3-9-21-13-7-5-4-6-12(13)18-16-14(21)11-15(19-20-16)17-8-10-22/h4-7,11,22H,2-3,8-10H2,1H3,(H,17,19)(H,18,20). The highest BCUT2D eigenvalue weighted by atomic mass is 16.3. The van der Waals surface area contributed by atoms with Crippen LogP contribution >= 0.6 is 0 Å². The number of rotatable bonds is 6. The van der Waals surface area contributed by atoms with Crippen LogP contribution in [0.3, 0.4) is 0 Å². The smallest absolute Gasteiger partial charge is 0.177 e. The minimum absolute atomic E-state index is 0.0688. The third kappa shape index (κ3) is 2.82. The second-order valence-corrected chi connectivity index (χ2v) is 5.26. The second kappa shape index (κ2) is 6.62. The van der Waals surface area contributed by atoms with E-state index in [4.69, 9.17) is 5.11 Å². The van der Waals surface area contributed by atoms with Gasteiger partial charge in [-0.1, -0.05) is 25.5 Å². The van der Waals surface area contributed by atoms with E-state index in [1.54, 1.807) is 0 Å². The van der Waals surface area contributed by atoms with Crippen molar-refractivity contribution in [3.05, 3.63) is 30.3 Å². The van der Waals surface area contributed by atoms with Crippen LogP contribution in [0.15, 0.2) is 30.3 Å². The minimum Gasteiger partial charge on any atom is -0.395 e. The summed E-state index contributed by atoms with van der Waals surface area (Å²) in [6, 6.07) is 10.2. The number of nitrogens with one attached hydrogen (secondary N) is 2. The molecule has 0 fully saturated rings. The first-order valence-corrected chi connectivity index (χ1v) is 7.69. The number of aromatic nitrogens is 2. The van der Waals surface area contributed by atoms with Crippen molar-refractivity contribution >= 4 is 28.7 Å². The van der Waals surface area contributed by atoms with E-state index in [1.165, 1.54) is 0 Å². The molecule has 1 aliphatic heterocycles. The summed E-state index contributed by atoms with van der Waals surface area (Å²) >= 11 is 0. The van der Waals surface area contributed by atoms with Gasteiger partial charge in [-0.3, -0.25) is 0 Å². The Kier molecular flexibility index (Phi) is 4.39. The van der Waals surface area contributed by atoms with Gasteiger partial charge in [0.05, 0.1) is 23.7 Å². The van der Waals surface area contributed by atoms with Gasteiger partial charge in [-0.2, -0.15) is 0 Å². The largest absolute Gasteiger partial charge is 0.395 e. The fourth-order valence-corrected chi connectivity index (χ4v) is 2.58. The van der Waals surface area contributed by atoms with Crippen molar-refractivity contribution in [2.75, 3.05) is 35.2 Å². The van der Waals surface area contributed by atoms with Crippen molar-refractivity contribution in [1.82, 2.24) is 10.2 Å². The van der Waals surface area contributed by atoms with Crippen molar-refractivity contribution in [2.24, 2.45) is 0 Å². The first kappa shape index (κ1) is 14.6. The van der Waals surface area contributed by atoms with E-state index >= 15 is 0 Å². The third-order valence-corrected chi connectivity index (χ3v) is 3.67. The summed E-state index contributed by atoms with van der Waals surface area (Å²) in [6.07, 6.45) is 2.24. The maximum Gasteiger partial charge on any atom is 0.177 e. The molecular weight excluding hydrogens is 278 g/mol. The Bertz CT molecular complexity index is 646. The van der Waals surface area contributed by atoms with Crippen molar-refractivity contribution in [1.29, 1.82) is 0 Å². The number of para-hydroxylation sites is 2. The quantitative estimate of drug-likeness (QED) is 0.761. The fourth-order valence-electron chi connectivity index (χ4n) is 2.58. The van der Waals surface area contributed by atoms with Crippen LogP contribution in [0.5, 0.6) is 0 Å². The molecule has 1 aromatic carbocycles. The molecule has 6 nitrogen and oxygen atoms in total. The van der Waals surface area contributed by atoms with E-state index in [2.05, 4.69) is 44.8 Å². The Balaban J connectivity index is 1.97. The number of hydrogen-bond donors (Lipinski definition) is 3. The van der Waals surface area contributed by atoms with E-state index in [1.807, 2.05) is 18.2 Å². The van der Waals surface area contributed by atoms with Crippen molar-refractivity contribution in [2.45, 2.75) is 19.8 Å². The van der Waals surface area contributed by atoms with Crippen LogP contribution < -0.4 is 15.5 Å². The monoisotopic (exact) mass is 299 g/mol. The van der Waals surface area contributed by atoms with Gasteiger partial charge in [0, 0.05) is 19.2 Å². The number of nitrogens with zero attached hydrogens (tertiary/aromatic N) is 3. The Labute approximate surface area is 130 Å². The predicted molar refractivity (Wildman–Crippen MR) is 89.2 cm³/mol. The molecular formula is C16H21N5O. The molecule has 1 aliphatic rings. The number of aliphatic hydroxyl groups is 1. The molecule has 0 saturated carbocycles. The molecule has 0 radical (unpaired) electrons.